The van der Waals surface area contributed by atoms with Crippen LogP contribution in [0, 0.1) is 0 Å². The molecular weight excluding hydrogens is 367 g/mol. The third kappa shape index (κ3) is 3.69. The van der Waals surface area contributed by atoms with Crippen LogP contribution >= 0.6 is 18.9 Å². The number of rotatable bonds is 5. The van der Waals surface area contributed by atoms with Crippen molar-refractivity contribution in [3.05, 3.63) is 126 Å². The van der Waals surface area contributed by atoms with Gasteiger partial charge in [0.1, 0.15) is 23.2 Å². The molecule has 0 aliphatic rings. The van der Waals surface area contributed by atoms with Crippen molar-refractivity contribution in [2.75, 3.05) is 0 Å². The minimum atomic E-state index is -1.85. The van der Waals surface area contributed by atoms with E-state index in [2.05, 4.69) is 103 Å². The topological polar surface area (TPSA) is 0 Å². The zero-order valence-electron chi connectivity index (χ0n) is 15.0. The standard InChI is InChI=1S/C25H21ClP/c26-22-12-10-11-21(19-22)20-27(23-13-4-1-5-14-23,24-15-6-2-7-16-24)25-17-8-3-9-18-25/h1-19H,20H2/q+1. The molecular formula is C25H21ClP+. The van der Waals surface area contributed by atoms with Gasteiger partial charge < -0.3 is 0 Å². The molecule has 0 fully saturated rings. The van der Waals surface area contributed by atoms with Crippen molar-refractivity contribution in [3.63, 3.8) is 0 Å². The lowest BCUT2D eigenvalue weighted by molar-refractivity contribution is 1.39. The second kappa shape index (κ2) is 8.09. The molecule has 0 aliphatic heterocycles. The van der Waals surface area contributed by atoms with E-state index in [1.807, 2.05) is 12.1 Å². The molecule has 0 heterocycles. The molecule has 0 nitrogen and oxygen atoms in total. The van der Waals surface area contributed by atoms with Crippen LogP contribution in [0.4, 0.5) is 0 Å². The molecule has 0 aliphatic carbocycles. The molecule has 0 atom stereocenters. The predicted octanol–water partition coefficient (Wildman–Crippen LogP) is 5.83. The zero-order valence-corrected chi connectivity index (χ0v) is 16.7. The summed E-state index contributed by atoms with van der Waals surface area (Å²) in [6.45, 7) is 0. The van der Waals surface area contributed by atoms with Gasteiger partial charge in [0.2, 0.25) is 0 Å². The van der Waals surface area contributed by atoms with Crippen LogP contribution in [0.2, 0.25) is 5.02 Å². The van der Waals surface area contributed by atoms with Crippen LogP contribution in [0.5, 0.6) is 0 Å². The summed E-state index contributed by atoms with van der Waals surface area (Å²) < 4.78 is 0. The van der Waals surface area contributed by atoms with Crippen LogP contribution in [0.3, 0.4) is 0 Å². The summed E-state index contributed by atoms with van der Waals surface area (Å²) in [5.74, 6) is 0. The molecule has 0 saturated carbocycles. The van der Waals surface area contributed by atoms with Crippen molar-refractivity contribution in [2.45, 2.75) is 6.16 Å². The summed E-state index contributed by atoms with van der Waals surface area (Å²) in [6, 6.07) is 41.1. The van der Waals surface area contributed by atoms with Crippen LogP contribution < -0.4 is 15.9 Å². The van der Waals surface area contributed by atoms with Crippen LogP contribution in [0.25, 0.3) is 0 Å². The Balaban J connectivity index is 2.00. The Kier molecular flexibility index (Phi) is 5.39. The van der Waals surface area contributed by atoms with Gasteiger partial charge in [-0.05, 0) is 54.1 Å². The maximum atomic E-state index is 6.32. The van der Waals surface area contributed by atoms with Gasteiger partial charge in [-0.15, -0.1) is 0 Å². The minimum absolute atomic E-state index is 0.791. The van der Waals surface area contributed by atoms with E-state index in [9.17, 15) is 0 Å². The smallest absolute Gasteiger partial charge is 0.0843 e. The molecule has 27 heavy (non-hydrogen) atoms. The first-order chi connectivity index (χ1) is 13.3. The molecule has 0 aromatic heterocycles. The second-order valence-corrected chi connectivity index (χ2v) is 10.5. The first kappa shape index (κ1) is 18.0. The van der Waals surface area contributed by atoms with E-state index < -0.39 is 7.26 Å². The van der Waals surface area contributed by atoms with Crippen molar-refractivity contribution >= 4 is 34.8 Å². The quantitative estimate of drug-likeness (QED) is 0.378. The molecule has 0 bridgehead atoms. The van der Waals surface area contributed by atoms with Crippen LogP contribution in [-0.2, 0) is 6.16 Å². The van der Waals surface area contributed by atoms with E-state index in [1.54, 1.807) is 0 Å². The van der Waals surface area contributed by atoms with Crippen molar-refractivity contribution < 1.29 is 0 Å². The Morgan fingerprint density at radius 1 is 0.519 bits per heavy atom. The Bertz CT molecular complexity index is 901. The Hall–Kier alpha value is -2.40. The van der Waals surface area contributed by atoms with Gasteiger partial charge in [0.15, 0.2) is 0 Å². The van der Waals surface area contributed by atoms with Crippen molar-refractivity contribution in [2.24, 2.45) is 0 Å². The molecule has 4 aromatic rings. The molecule has 0 N–H and O–H groups in total. The Labute approximate surface area is 166 Å². The van der Waals surface area contributed by atoms with E-state index in [0.717, 1.165) is 11.2 Å². The van der Waals surface area contributed by atoms with E-state index >= 15 is 0 Å². The zero-order chi connectivity index (χ0) is 18.5. The molecule has 0 radical (unpaired) electrons. The summed E-state index contributed by atoms with van der Waals surface area (Å²) in [5, 5.41) is 4.96. The molecule has 4 rings (SSSR count). The van der Waals surface area contributed by atoms with Crippen LogP contribution in [0.1, 0.15) is 5.56 Å². The molecule has 0 spiro atoms. The number of halogens is 1. The second-order valence-electron chi connectivity index (χ2n) is 6.60. The first-order valence-electron chi connectivity index (χ1n) is 9.08. The third-order valence-corrected chi connectivity index (χ3v) is 9.51. The maximum absolute atomic E-state index is 6.32. The average Bonchev–Trinajstić information content (AvgIpc) is 2.74. The summed E-state index contributed by atoms with van der Waals surface area (Å²) >= 11 is 6.32. The van der Waals surface area contributed by atoms with Gasteiger partial charge in [-0.25, -0.2) is 0 Å². The molecule has 0 saturated heterocycles. The van der Waals surface area contributed by atoms with Crippen LogP contribution in [-0.4, -0.2) is 0 Å². The Morgan fingerprint density at radius 2 is 0.963 bits per heavy atom. The van der Waals surface area contributed by atoms with Gasteiger partial charge in [0.25, 0.3) is 0 Å². The maximum Gasteiger partial charge on any atom is 0.116 e. The van der Waals surface area contributed by atoms with Gasteiger partial charge in [0, 0.05) is 5.02 Å². The summed E-state index contributed by atoms with van der Waals surface area (Å²) in [7, 11) is -1.85. The highest BCUT2D eigenvalue weighted by Crippen LogP contribution is 2.58. The highest BCUT2D eigenvalue weighted by molar-refractivity contribution is 7.95. The highest BCUT2D eigenvalue weighted by Gasteiger charge is 2.45. The lowest BCUT2D eigenvalue weighted by Crippen LogP contribution is -2.32. The minimum Gasteiger partial charge on any atom is -0.0843 e. The monoisotopic (exact) mass is 387 g/mol. The van der Waals surface area contributed by atoms with Crippen molar-refractivity contribution in [1.29, 1.82) is 0 Å². The lowest BCUT2D eigenvalue weighted by Gasteiger charge is -2.27. The summed E-state index contributed by atoms with van der Waals surface area (Å²) in [5.41, 5.74) is 1.27. The summed E-state index contributed by atoms with van der Waals surface area (Å²) in [6.07, 6.45) is 0.950. The Morgan fingerprint density at radius 3 is 1.37 bits per heavy atom. The van der Waals surface area contributed by atoms with Crippen molar-refractivity contribution in [3.8, 4) is 0 Å². The fourth-order valence-corrected chi connectivity index (χ4v) is 8.12. The van der Waals surface area contributed by atoms with Gasteiger partial charge in [-0.2, -0.15) is 0 Å². The molecule has 2 heteroatoms. The molecule has 0 unspecified atom stereocenters. The van der Waals surface area contributed by atoms with E-state index in [0.29, 0.717) is 0 Å². The normalized spacial score (nSPS) is 11.3. The van der Waals surface area contributed by atoms with Crippen LogP contribution in [0.15, 0.2) is 115 Å². The van der Waals surface area contributed by atoms with E-state index in [4.69, 9.17) is 11.6 Å². The first-order valence-corrected chi connectivity index (χ1v) is 11.4. The van der Waals surface area contributed by atoms with Gasteiger partial charge in [-0.3, -0.25) is 0 Å². The molecule has 132 valence electrons. The third-order valence-electron chi connectivity index (χ3n) is 4.90. The number of hydrogen-bond acceptors (Lipinski definition) is 0. The van der Waals surface area contributed by atoms with Crippen molar-refractivity contribution in [1.82, 2.24) is 0 Å². The molecule has 4 aromatic carbocycles. The van der Waals surface area contributed by atoms with E-state index in [-0.39, 0.29) is 0 Å². The number of benzene rings is 4. The fraction of sp³-hybridized carbons (Fsp3) is 0.0400. The van der Waals surface area contributed by atoms with Gasteiger partial charge in [-0.1, -0.05) is 78.3 Å². The summed E-state index contributed by atoms with van der Waals surface area (Å²) in [4.78, 5) is 0. The van der Waals surface area contributed by atoms with Gasteiger partial charge >= 0.3 is 0 Å². The molecule has 0 amide bonds. The van der Waals surface area contributed by atoms with Gasteiger partial charge in [0.05, 0.1) is 6.16 Å². The lowest BCUT2D eigenvalue weighted by atomic mass is 10.2. The number of hydrogen-bond donors (Lipinski definition) is 0. The highest BCUT2D eigenvalue weighted by atomic mass is 35.5. The fourth-order valence-electron chi connectivity index (χ4n) is 3.68. The average molecular weight is 388 g/mol. The van der Waals surface area contributed by atoms with E-state index in [1.165, 1.54) is 21.5 Å². The SMILES string of the molecule is Clc1cccc(C[P+](c2ccccc2)(c2ccccc2)c2ccccc2)c1. The largest absolute Gasteiger partial charge is 0.116 e. The predicted molar refractivity (Wildman–Crippen MR) is 120 cm³/mol.